The second-order valence-electron chi connectivity index (χ2n) is 20.6. The molecule has 0 N–H and O–H groups in total. The lowest BCUT2D eigenvalue weighted by molar-refractivity contribution is -0.167. The minimum Gasteiger partial charge on any atom is -0.462 e. The minimum atomic E-state index is -0.780. The third-order valence-corrected chi connectivity index (χ3v) is 13.5. The van der Waals surface area contributed by atoms with Crippen LogP contribution in [0.2, 0.25) is 0 Å². The maximum Gasteiger partial charge on any atom is 0.306 e. The van der Waals surface area contributed by atoms with Crippen LogP contribution >= 0.6 is 0 Å². The van der Waals surface area contributed by atoms with Crippen LogP contribution in [0.5, 0.6) is 0 Å². The number of unbranched alkanes of at least 4 members (excludes halogenated alkanes) is 35. The maximum absolute atomic E-state index is 12.9. The van der Waals surface area contributed by atoms with Crippen LogP contribution in [0.3, 0.4) is 0 Å². The summed E-state index contributed by atoms with van der Waals surface area (Å²) in [5.74, 6) is -0.879. The number of allylic oxidation sites excluding steroid dienone is 10. The highest BCUT2D eigenvalue weighted by molar-refractivity contribution is 5.71. The van der Waals surface area contributed by atoms with Gasteiger partial charge in [0.25, 0.3) is 0 Å². The van der Waals surface area contributed by atoms with E-state index in [1.54, 1.807) is 0 Å². The van der Waals surface area contributed by atoms with Crippen molar-refractivity contribution < 1.29 is 28.6 Å². The van der Waals surface area contributed by atoms with Crippen LogP contribution in [0.25, 0.3) is 0 Å². The normalized spacial score (nSPS) is 12.4. The van der Waals surface area contributed by atoms with Crippen molar-refractivity contribution in [3.8, 4) is 0 Å². The van der Waals surface area contributed by atoms with Crippen LogP contribution in [-0.4, -0.2) is 37.2 Å². The first kappa shape index (κ1) is 68.1. The van der Waals surface area contributed by atoms with E-state index in [0.717, 1.165) is 89.9 Å². The third-order valence-electron chi connectivity index (χ3n) is 13.5. The Hall–Kier alpha value is -2.89. The molecular weight excluding hydrogens is 877 g/mol. The van der Waals surface area contributed by atoms with Crippen LogP contribution in [0.4, 0.5) is 0 Å². The summed E-state index contributed by atoms with van der Waals surface area (Å²) in [4.78, 5) is 38.2. The average Bonchev–Trinajstić information content (AvgIpc) is 3.37. The van der Waals surface area contributed by atoms with Gasteiger partial charge >= 0.3 is 17.9 Å². The molecule has 0 saturated heterocycles. The van der Waals surface area contributed by atoms with Gasteiger partial charge in [-0.15, -0.1) is 0 Å². The second kappa shape index (κ2) is 59.7. The van der Waals surface area contributed by atoms with Gasteiger partial charge in [-0.25, -0.2) is 0 Å². The van der Waals surface area contributed by atoms with Crippen molar-refractivity contribution in [1.29, 1.82) is 0 Å². The highest BCUT2D eigenvalue weighted by Gasteiger charge is 2.19. The predicted molar refractivity (Wildman–Crippen MR) is 307 cm³/mol. The summed E-state index contributed by atoms with van der Waals surface area (Å²) in [6.45, 7) is 6.62. The summed E-state index contributed by atoms with van der Waals surface area (Å²) in [6.07, 6.45) is 75.0. The fourth-order valence-electron chi connectivity index (χ4n) is 8.83. The summed E-state index contributed by atoms with van der Waals surface area (Å²) in [7, 11) is 0. The Morgan fingerprint density at radius 2 is 0.507 bits per heavy atom. The Morgan fingerprint density at radius 1 is 0.282 bits per heavy atom. The molecular formula is C65H116O6. The average molecular weight is 994 g/mol. The molecule has 0 aliphatic heterocycles. The van der Waals surface area contributed by atoms with Crippen LogP contribution in [0.1, 0.15) is 316 Å². The zero-order valence-electron chi connectivity index (χ0n) is 47.2. The van der Waals surface area contributed by atoms with Crippen molar-refractivity contribution in [3.05, 3.63) is 60.8 Å². The summed E-state index contributed by atoms with van der Waals surface area (Å²) in [6, 6.07) is 0. The summed E-state index contributed by atoms with van der Waals surface area (Å²) in [5.41, 5.74) is 0. The van der Waals surface area contributed by atoms with Crippen molar-refractivity contribution >= 4 is 17.9 Å². The Morgan fingerprint density at radius 3 is 0.817 bits per heavy atom. The van der Waals surface area contributed by atoms with Gasteiger partial charge in [-0.3, -0.25) is 14.4 Å². The lowest BCUT2D eigenvalue weighted by atomic mass is 10.0. The zero-order chi connectivity index (χ0) is 51.4. The van der Waals surface area contributed by atoms with E-state index in [1.807, 2.05) is 0 Å². The lowest BCUT2D eigenvalue weighted by Gasteiger charge is -2.18. The number of carbonyl (C=O) groups excluding carboxylic acids is 3. The molecule has 0 fully saturated rings. The number of ether oxygens (including phenoxy) is 3. The smallest absolute Gasteiger partial charge is 0.306 e. The Bertz CT molecular complexity index is 1280. The second-order valence-corrected chi connectivity index (χ2v) is 20.6. The first-order chi connectivity index (χ1) is 35.0. The topological polar surface area (TPSA) is 78.9 Å². The van der Waals surface area contributed by atoms with Crippen LogP contribution in [0.15, 0.2) is 60.8 Å². The molecule has 6 nitrogen and oxygen atoms in total. The molecule has 0 amide bonds. The van der Waals surface area contributed by atoms with Gasteiger partial charge in [0.2, 0.25) is 0 Å². The van der Waals surface area contributed by atoms with Crippen LogP contribution < -0.4 is 0 Å². The molecule has 0 aromatic heterocycles. The van der Waals surface area contributed by atoms with Crippen molar-refractivity contribution in [2.45, 2.75) is 322 Å². The standard InChI is InChI=1S/C65H116O6/c1-4-7-10-13-16-19-22-24-26-28-30-31-32-33-35-36-38-40-43-46-49-52-55-58-64(67)70-61-62(60-69-63(66)57-54-51-48-45-42-21-18-15-12-9-6-3)71-65(68)59-56-53-50-47-44-41-39-37-34-29-27-25-23-20-17-14-11-8-5-2/h17,20,22,24-25,27-28,30,34,37,62H,4-16,18-19,21,23,26,29,31-33,35-36,38-61H2,1-3H3/b20-17-,24-22-,27-25-,30-28-,37-34-. The molecule has 0 aromatic carbocycles. The number of rotatable bonds is 56. The zero-order valence-corrected chi connectivity index (χ0v) is 47.2. The molecule has 1 atom stereocenters. The van der Waals surface area contributed by atoms with Gasteiger partial charge in [0.05, 0.1) is 0 Å². The fraction of sp³-hybridized carbons (Fsp3) is 0.800. The van der Waals surface area contributed by atoms with Gasteiger partial charge in [0.1, 0.15) is 13.2 Å². The maximum atomic E-state index is 12.9. The van der Waals surface area contributed by atoms with Gasteiger partial charge in [0, 0.05) is 19.3 Å². The first-order valence-corrected chi connectivity index (χ1v) is 30.8. The van der Waals surface area contributed by atoms with Gasteiger partial charge < -0.3 is 14.2 Å². The van der Waals surface area contributed by atoms with Crippen molar-refractivity contribution in [2.24, 2.45) is 0 Å². The van der Waals surface area contributed by atoms with Gasteiger partial charge in [0.15, 0.2) is 6.10 Å². The van der Waals surface area contributed by atoms with Crippen LogP contribution in [0, 0.1) is 0 Å². The molecule has 0 heterocycles. The highest BCUT2D eigenvalue weighted by Crippen LogP contribution is 2.16. The molecule has 0 rings (SSSR count). The van der Waals surface area contributed by atoms with E-state index < -0.39 is 6.10 Å². The van der Waals surface area contributed by atoms with E-state index >= 15 is 0 Å². The molecule has 0 radical (unpaired) electrons. The number of carbonyl (C=O) groups is 3. The van der Waals surface area contributed by atoms with Crippen molar-refractivity contribution in [1.82, 2.24) is 0 Å². The summed E-state index contributed by atoms with van der Waals surface area (Å²) in [5, 5.41) is 0. The Labute approximate surface area is 440 Å². The number of hydrogen-bond donors (Lipinski definition) is 0. The molecule has 0 aliphatic rings. The molecule has 6 heteroatoms. The predicted octanol–water partition coefficient (Wildman–Crippen LogP) is 20.8. The van der Waals surface area contributed by atoms with Crippen molar-refractivity contribution in [2.75, 3.05) is 13.2 Å². The Balaban J connectivity index is 4.30. The highest BCUT2D eigenvalue weighted by atomic mass is 16.6. The quantitative estimate of drug-likeness (QED) is 0.0261. The first-order valence-electron chi connectivity index (χ1n) is 30.8. The SMILES string of the molecule is CCCCC/C=C\C/C=C\C/C=C\CCCCCCCCC(=O)OC(COC(=O)CCCCCCCCCCCCC)COC(=O)CCCCCCCCCCCCC/C=C\C/C=C\CCCCCCC. The largest absolute Gasteiger partial charge is 0.462 e. The number of esters is 3. The summed E-state index contributed by atoms with van der Waals surface area (Å²) >= 11 is 0. The fourth-order valence-corrected chi connectivity index (χ4v) is 8.83. The third kappa shape index (κ3) is 57.9. The molecule has 0 aliphatic carbocycles. The molecule has 0 bridgehead atoms. The van der Waals surface area contributed by atoms with Gasteiger partial charge in [-0.05, 0) is 89.9 Å². The molecule has 0 spiro atoms. The van der Waals surface area contributed by atoms with Gasteiger partial charge in [-0.2, -0.15) is 0 Å². The molecule has 0 aromatic rings. The van der Waals surface area contributed by atoms with E-state index in [0.29, 0.717) is 19.3 Å². The Kier molecular flexibility index (Phi) is 57.2. The minimum absolute atomic E-state index is 0.0774. The molecule has 412 valence electrons. The molecule has 0 saturated carbocycles. The van der Waals surface area contributed by atoms with E-state index in [2.05, 4.69) is 81.5 Å². The molecule has 71 heavy (non-hydrogen) atoms. The van der Waals surface area contributed by atoms with E-state index in [1.165, 1.54) is 186 Å². The van der Waals surface area contributed by atoms with E-state index in [-0.39, 0.29) is 31.1 Å². The number of hydrogen-bond acceptors (Lipinski definition) is 6. The van der Waals surface area contributed by atoms with Crippen molar-refractivity contribution in [3.63, 3.8) is 0 Å². The van der Waals surface area contributed by atoms with E-state index in [9.17, 15) is 14.4 Å². The summed E-state index contributed by atoms with van der Waals surface area (Å²) < 4.78 is 16.9. The van der Waals surface area contributed by atoms with Gasteiger partial charge in [-0.1, -0.05) is 268 Å². The lowest BCUT2D eigenvalue weighted by Crippen LogP contribution is -2.30. The monoisotopic (exact) mass is 993 g/mol. The van der Waals surface area contributed by atoms with Crippen LogP contribution in [-0.2, 0) is 28.6 Å². The van der Waals surface area contributed by atoms with E-state index in [4.69, 9.17) is 14.2 Å². The molecule has 1 unspecified atom stereocenters.